The highest BCUT2D eigenvalue weighted by Crippen LogP contribution is 2.36. The van der Waals surface area contributed by atoms with Crippen molar-refractivity contribution in [1.29, 1.82) is 0 Å². The van der Waals surface area contributed by atoms with E-state index in [1.165, 1.54) is 0 Å². The molecule has 0 heterocycles. The fourth-order valence-electron chi connectivity index (χ4n) is 1.73. The van der Waals surface area contributed by atoms with E-state index in [2.05, 4.69) is 11.8 Å². The van der Waals surface area contributed by atoms with Gasteiger partial charge in [-0.15, -0.1) is 0 Å². The molecule has 0 bridgehead atoms. The molecular formula is C13H22N2O2. The molecule has 17 heavy (non-hydrogen) atoms. The molecule has 96 valence electrons. The molecule has 0 aliphatic heterocycles. The molecule has 0 unspecified atom stereocenters. The molecule has 0 aromatic heterocycles. The summed E-state index contributed by atoms with van der Waals surface area (Å²) in [4.78, 5) is 2.14. The molecule has 0 amide bonds. The lowest BCUT2D eigenvalue weighted by Crippen LogP contribution is -2.19. The molecule has 0 atom stereocenters. The number of hydrogen-bond acceptors (Lipinski definition) is 4. The van der Waals surface area contributed by atoms with E-state index in [0.29, 0.717) is 17.2 Å². The Hall–Kier alpha value is -1.58. The highest BCUT2D eigenvalue weighted by Gasteiger charge is 2.11. The molecule has 1 aromatic carbocycles. The molecule has 1 aromatic rings. The number of benzene rings is 1. The van der Waals surface area contributed by atoms with E-state index in [0.717, 1.165) is 25.1 Å². The van der Waals surface area contributed by atoms with E-state index < -0.39 is 0 Å². The van der Waals surface area contributed by atoms with Gasteiger partial charge in [0, 0.05) is 25.7 Å². The second kappa shape index (κ2) is 6.23. The third-order valence-electron chi connectivity index (χ3n) is 2.79. The van der Waals surface area contributed by atoms with Crippen LogP contribution in [0.5, 0.6) is 11.5 Å². The van der Waals surface area contributed by atoms with Gasteiger partial charge in [-0.3, -0.25) is 0 Å². The fraction of sp³-hybridized carbons (Fsp3) is 0.538. The van der Waals surface area contributed by atoms with Gasteiger partial charge in [0.2, 0.25) is 0 Å². The largest absolute Gasteiger partial charge is 0.493 e. The number of hydrogen-bond donors (Lipinski definition) is 1. The van der Waals surface area contributed by atoms with Crippen LogP contribution in [0.15, 0.2) is 12.1 Å². The van der Waals surface area contributed by atoms with Gasteiger partial charge in [-0.05, 0) is 6.42 Å². The van der Waals surface area contributed by atoms with Crippen molar-refractivity contribution in [1.82, 2.24) is 0 Å². The SMILES string of the molecule is CCCCN(C)c1cc(OC)c(OC)cc1N. The second-order valence-electron chi connectivity index (χ2n) is 4.04. The van der Waals surface area contributed by atoms with E-state index in [1.54, 1.807) is 20.3 Å². The van der Waals surface area contributed by atoms with E-state index in [-0.39, 0.29) is 0 Å². The van der Waals surface area contributed by atoms with Gasteiger partial charge in [0.05, 0.1) is 25.6 Å². The maximum absolute atomic E-state index is 6.02. The molecule has 1 rings (SSSR count). The lowest BCUT2D eigenvalue weighted by Gasteiger charge is -2.22. The summed E-state index contributed by atoms with van der Waals surface area (Å²) >= 11 is 0. The number of nitrogen functional groups attached to an aromatic ring is 1. The average Bonchev–Trinajstić information content (AvgIpc) is 2.35. The van der Waals surface area contributed by atoms with Crippen LogP contribution in [0.2, 0.25) is 0 Å². The molecular weight excluding hydrogens is 216 g/mol. The van der Waals surface area contributed by atoms with Crippen molar-refractivity contribution in [3.05, 3.63) is 12.1 Å². The summed E-state index contributed by atoms with van der Waals surface area (Å²) < 4.78 is 10.5. The van der Waals surface area contributed by atoms with Crippen LogP contribution in [0.3, 0.4) is 0 Å². The normalized spacial score (nSPS) is 10.1. The summed E-state index contributed by atoms with van der Waals surface area (Å²) in [5.74, 6) is 1.37. The lowest BCUT2D eigenvalue weighted by molar-refractivity contribution is 0.355. The number of ether oxygens (including phenoxy) is 2. The third-order valence-corrected chi connectivity index (χ3v) is 2.79. The Morgan fingerprint density at radius 1 is 1.18 bits per heavy atom. The minimum Gasteiger partial charge on any atom is -0.493 e. The Kier molecular flexibility index (Phi) is 4.94. The zero-order valence-electron chi connectivity index (χ0n) is 11.1. The first-order valence-corrected chi connectivity index (χ1v) is 5.86. The van der Waals surface area contributed by atoms with Gasteiger partial charge < -0.3 is 20.1 Å². The van der Waals surface area contributed by atoms with E-state index in [4.69, 9.17) is 15.2 Å². The predicted molar refractivity (Wildman–Crippen MR) is 72.1 cm³/mol. The molecule has 4 nitrogen and oxygen atoms in total. The maximum atomic E-state index is 6.02. The van der Waals surface area contributed by atoms with Crippen LogP contribution in [0, 0.1) is 0 Å². The Labute approximate surface area is 103 Å². The van der Waals surface area contributed by atoms with Crippen molar-refractivity contribution in [3.63, 3.8) is 0 Å². The van der Waals surface area contributed by atoms with Crippen LogP contribution in [-0.2, 0) is 0 Å². The number of anilines is 2. The van der Waals surface area contributed by atoms with E-state index in [9.17, 15) is 0 Å². The van der Waals surface area contributed by atoms with Crippen molar-refractivity contribution in [2.24, 2.45) is 0 Å². The minimum absolute atomic E-state index is 0.664. The topological polar surface area (TPSA) is 47.7 Å². The van der Waals surface area contributed by atoms with Crippen LogP contribution < -0.4 is 20.1 Å². The number of unbranched alkanes of at least 4 members (excludes halogenated alkanes) is 1. The monoisotopic (exact) mass is 238 g/mol. The summed E-state index contributed by atoms with van der Waals surface area (Å²) in [5, 5.41) is 0. The first-order valence-electron chi connectivity index (χ1n) is 5.86. The lowest BCUT2D eigenvalue weighted by atomic mass is 10.2. The Balaban J connectivity index is 2.99. The molecule has 0 fully saturated rings. The standard InChI is InChI=1S/C13H22N2O2/c1-5-6-7-15(2)11-9-13(17-4)12(16-3)8-10(11)14/h8-9H,5-7,14H2,1-4H3. The Morgan fingerprint density at radius 2 is 1.76 bits per heavy atom. The van der Waals surface area contributed by atoms with Crippen molar-refractivity contribution >= 4 is 11.4 Å². The zero-order valence-corrected chi connectivity index (χ0v) is 11.1. The Morgan fingerprint density at radius 3 is 2.29 bits per heavy atom. The quantitative estimate of drug-likeness (QED) is 0.774. The molecule has 0 radical (unpaired) electrons. The van der Waals surface area contributed by atoms with Crippen LogP contribution in [0.4, 0.5) is 11.4 Å². The summed E-state index contributed by atoms with van der Waals surface area (Å²) in [6, 6.07) is 3.72. The van der Waals surface area contributed by atoms with Gasteiger partial charge in [0.1, 0.15) is 0 Å². The molecule has 2 N–H and O–H groups in total. The van der Waals surface area contributed by atoms with Gasteiger partial charge in [-0.1, -0.05) is 13.3 Å². The van der Waals surface area contributed by atoms with Gasteiger partial charge in [-0.2, -0.15) is 0 Å². The number of nitrogens with zero attached hydrogens (tertiary/aromatic N) is 1. The van der Waals surface area contributed by atoms with E-state index >= 15 is 0 Å². The predicted octanol–water partition coefficient (Wildman–Crippen LogP) is 2.52. The third kappa shape index (κ3) is 3.19. The zero-order chi connectivity index (χ0) is 12.8. The van der Waals surface area contributed by atoms with Gasteiger partial charge in [-0.25, -0.2) is 0 Å². The molecule has 4 heteroatoms. The number of nitrogens with two attached hydrogens (primary N) is 1. The summed E-state index contributed by atoms with van der Waals surface area (Å²) in [6.45, 7) is 3.15. The van der Waals surface area contributed by atoms with Gasteiger partial charge >= 0.3 is 0 Å². The molecule has 0 saturated heterocycles. The fourth-order valence-corrected chi connectivity index (χ4v) is 1.73. The highest BCUT2D eigenvalue weighted by atomic mass is 16.5. The second-order valence-corrected chi connectivity index (χ2v) is 4.04. The van der Waals surface area contributed by atoms with Gasteiger partial charge in [0.15, 0.2) is 11.5 Å². The van der Waals surface area contributed by atoms with Crippen LogP contribution in [-0.4, -0.2) is 27.8 Å². The molecule has 0 saturated carbocycles. The Bertz CT molecular complexity index is 367. The van der Waals surface area contributed by atoms with E-state index in [1.807, 2.05) is 13.1 Å². The first kappa shape index (κ1) is 13.5. The summed E-state index contributed by atoms with van der Waals surface area (Å²) in [7, 11) is 5.27. The first-order chi connectivity index (χ1) is 8.13. The summed E-state index contributed by atoms with van der Waals surface area (Å²) in [6.07, 6.45) is 2.31. The maximum Gasteiger partial charge on any atom is 0.162 e. The average molecular weight is 238 g/mol. The molecule has 0 aliphatic carbocycles. The van der Waals surface area contributed by atoms with Crippen LogP contribution in [0.25, 0.3) is 0 Å². The minimum atomic E-state index is 0.664. The van der Waals surface area contributed by atoms with Crippen LogP contribution in [0.1, 0.15) is 19.8 Å². The highest BCUT2D eigenvalue weighted by molar-refractivity contribution is 5.72. The van der Waals surface area contributed by atoms with Crippen molar-refractivity contribution in [2.75, 3.05) is 38.4 Å². The smallest absolute Gasteiger partial charge is 0.162 e. The molecule has 0 aliphatic rings. The molecule has 0 spiro atoms. The summed E-state index contributed by atoms with van der Waals surface area (Å²) in [5.41, 5.74) is 7.71. The van der Waals surface area contributed by atoms with Crippen molar-refractivity contribution in [2.45, 2.75) is 19.8 Å². The van der Waals surface area contributed by atoms with Crippen LogP contribution >= 0.6 is 0 Å². The van der Waals surface area contributed by atoms with Crippen molar-refractivity contribution in [3.8, 4) is 11.5 Å². The van der Waals surface area contributed by atoms with Crippen molar-refractivity contribution < 1.29 is 9.47 Å². The van der Waals surface area contributed by atoms with Gasteiger partial charge in [0.25, 0.3) is 0 Å². The number of methoxy groups -OCH3 is 2. The number of rotatable bonds is 6.